The average molecular weight is 353 g/mol. The van der Waals surface area contributed by atoms with E-state index in [9.17, 15) is 4.79 Å². The number of urea groups is 1. The Labute approximate surface area is 150 Å². The molecule has 0 aliphatic carbocycles. The van der Waals surface area contributed by atoms with E-state index < -0.39 is 0 Å². The first kappa shape index (κ1) is 16.2. The summed E-state index contributed by atoms with van der Waals surface area (Å²) in [6, 6.07) is 9.26. The zero-order valence-electron chi connectivity index (χ0n) is 14.3. The molecule has 8 heteroatoms. The molecule has 0 fully saturated rings. The molecule has 0 saturated heterocycles. The molecule has 0 bridgehead atoms. The molecule has 8 nitrogen and oxygen atoms in total. The first-order valence-corrected chi connectivity index (χ1v) is 8.42. The smallest absolute Gasteiger partial charge is 0.315 e. The summed E-state index contributed by atoms with van der Waals surface area (Å²) in [4.78, 5) is 16.3. The lowest BCUT2D eigenvalue weighted by atomic mass is 10.1. The highest BCUT2D eigenvalue weighted by molar-refractivity contribution is 5.73. The number of benzene rings is 1. The highest BCUT2D eigenvalue weighted by Crippen LogP contribution is 2.29. The highest BCUT2D eigenvalue weighted by atomic mass is 16.5. The molecular formula is C18H19N5O3. The molecule has 0 spiro atoms. The van der Waals surface area contributed by atoms with Crippen LogP contribution in [0.1, 0.15) is 23.9 Å². The lowest BCUT2D eigenvalue weighted by molar-refractivity contribution is 0.240. The molecule has 0 saturated carbocycles. The maximum atomic E-state index is 12.0. The molecule has 26 heavy (non-hydrogen) atoms. The summed E-state index contributed by atoms with van der Waals surface area (Å²) in [6.45, 7) is 2.74. The topological polar surface area (TPSA) is 105 Å². The summed E-state index contributed by atoms with van der Waals surface area (Å²) in [7, 11) is 0. The standard InChI is InChI=1S/C18H19N5O3/c1-11-7-13-8-12(4-5-14(13)26-11)9-19-18(24)20-10-16-21-17(23-22-16)15-3-2-6-25-15/h2-6,8,11H,7,9-10H2,1H3,(H2,19,20,24)(H,21,22,23). The van der Waals surface area contributed by atoms with Crippen LogP contribution in [0.25, 0.3) is 11.6 Å². The number of ether oxygens (including phenoxy) is 1. The Balaban J connectivity index is 1.26. The number of hydrogen-bond donors (Lipinski definition) is 3. The van der Waals surface area contributed by atoms with Gasteiger partial charge in [-0.25, -0.2) is 9.78 Å². The van der Waals surface area contributed by atoms with Crippen LogP contribution in [0.4, 0.5) is 4.79 Å². The minimum absolute atomic E-state index is 0.212. The molecule has 1 aromatic carbocycles. The molecule has 1 unspecified atom stereocenters. The molecule has 3 heterocycles. The first-order valence-electron chi connectivity index (χ1n) is 8.42. The van der Waals surface area contributed by atoms with E-state index in [-0.39, 0.29) is 18.7 Å². The van der Waals surface area contributed by atoms with E-state index in [0.29, 0.717) is 24.0 Å². The summed E-state index contributed by atoms with van der Waals surface area (Å²) >= 11 is 0. The highest BCUT2D eigenvalue weighted by Gasteiger charge is 2.18. The third kappa shape index (κ3) is 3.53. The molecule has 134 valence electrons. The van der Waals surface area contributed by atoms with Gasteiger partial charge in [-0.3, -0.25) is 5.10 Å². The molecule has 2 amide bonds. The number of carbonyl (C=O) groups excluding carboxylic acids is 1. The number of fused-ring (bicyclic) bond motifs is 1. The largest absolute Gasteiger partial charge is 0.490 e. The Kier molecular flexibility index (Phi) is 4.30. The maximum absolute atomic E-state index is 12.0. The molecule has 1 aliphatic heterocycles. The summed E-state index contributed by atoms with van der Waals surface area (Å²) in [5.41, 5.74) is 2.22. The minimum atomic E-state index is -0.272. The van der Waals surface area contributed by atoms with E-state index in [1.54, 1.807) is 18.4 Å². The van der Waals surface area contributed by atoms with E-state index in [1.807, 2.05) is 19.1 Å². The van der Waals surface area contributed by atoms with Gasteiger partial charge in [0.05, 0.1) is 12.8 Å². The monoisotopic (exact) mass is 353 g/mol. The number of H-pyrrole nitrogens is 1. The molecule has 3 N–H and O–H groups in total. The van der Waals surface area contributed by atoms with Crippen LogP contribution in [0.15, 0.2) is 41.0 Å². The van der Waals surface area contributed by atoms with Crippen LogP contribution in [0.3, 0.4) is 0 Å². The van der Waals surface area contributed by atoms with Crippen LogP contribution < -0.4 is 15.4 Å². The van der Waals surface area contributed by atoms with Gasteiger partial charge in [0.2, 0.25) is 5.82 Å². The van der Waals surface area contributed by atoms with Gasteiger partial charge in [-0.15, -0.1) is 5.10 Å². The predicted octanol–water partition coefficient (Wildman–Crippen LogP) is 2.39. The number of furan rings is 1. The van der Waals surface area contributed by atoms with E-state index in [2.05, 4.69) is 31.9 Å². The first-order chi connectivity index (χ1) is 12.7. The maximum Gasteiger partial charge on any atom is 0.315 e. The lowest BCUT2D eigenvalue weighted by Gasteiger charge is -2.07. The normalized spacial score (nSPS) is 15.3. The average Bonchev–Trinajstić information content (AvgIpc) is 3.36. The van der Waals surface area contributed by atoms with E-state index >= 15 is 0 Å². The van der Waals surface area contributed by atoms with Gasteiger partial charge in [0.15, 0.2) is 5.76 Å². The van der Waals surface area contributed by atoms with Gasteiger partial charge in [-0.2, -0.15) is 0 Å². The number of hydrogen-bond acceptors (Lipinski definition) is 5. The van der Waals surface area contributed by atoms with Crippen molar-refractivity contribution in [2.45, 2.75) is 32.5 Å². The fourth-order valence-corrected chi connectivity index (χ4v) is 2.88. The van der Waals surface area contributed by atoms with Crippen LogP contribution in [0, 0.1) is 0 Å². The van der Waals surface area contributed by atoms with Crippen molar-refractivity contribution in [2.24, 2.45) is 0 Å². The van der Waals surface area contributed by atoms with Crippen molar-refractivity contribution in [3.8, 4) is 17.3 Å². The Morgan fingerprint density at radius 3 is 3.04 bits per heavy atom. The third-order valence-corrected chi connectivity index (χ3v) is 4.10. The van der Waals surface area contributed by atoms with E-state index in [1.165, 1.54) is 5.56 Å². The number of carbonyl (C=O) groups is 1. The van der Waals surface area contributed by atoms with Crippen LogP contribution in [-0.2, 0) is 19.5 Å². The van der Waals surface area contributed by atoms with Gasteiger partial charge in [0.25, 0.3) is 0 Å². The van der Waals surface area contributed by atoms with Crippen molar-refractivity contribution in [1.82, 2.24) is 25.8 Å². The summed E-state index contributed by atoms with van der Waals surface area (Å²) in [5.74, 6) is 2.52. The Morgan fingerprint density at radius 1 is 1.31 bits per heavy atom. The van der Waals surface area contributed by atoms with Gasteiger partial charge >= 0.3 is 6.03 Å². The van der Waals surface area contributed by atoms with E-state index in [4.69, 9.17) is 9.15 Å². The second-order valence-corrected chi connectivity index (χ2v) is 6.19. The van der Waals surface area contributed by atoms with Crippen molar-refractivity contribution in [2.75, 3.05) is 0 Å². The number of aromatic nitrogens is 3. The number of amides is 2. The van der Waals surface area contributed by atoms with Crippen molar-refractivity contribution in [3.05, 3.63) is 53.5 Å². The number of nitrogens with zero attached hydrogens (tertiary/aromatic N) is 2. The Bertz CT molecular complexity index is 903. The van der Waals surface area contributed by atoms with Gasteiger partial charge in [-0.1, -0.05) is 12.1 Å². The molecular weight excluding hydrogens is 334 g/mol. The molecule has 3 aromatic rings. The van der Waals surface area contributed by atoms with Crippen molar-refractivity contribution < 1.29 is 13.9 Å². The van der Waals surface area contributed by atoms with Crippen molar-refractivity contribution >= 4 is 6.03 Å². The molecule has 4 rings (SSSR count). The minimum Gasteiger partial charge on any atom is -0.490 e. The van der Waals surface area contributed by atoms with E-state index in [0.717, 1.165) is 17.7 Å². The zero-order valence-corrected chi connectivity index (χ0v) is 14.3. The predicted molar refractivity (Wildman–Crippen MR) is 93.4 cm³/mol. The van der Waals surface area contributed by atoms with Crippen molar-refractivity contribution in [3.63, 3.8) is 0 Å². The second-order valence-electron chi connectivity index (χ2n) is 6.19. The van der Waals surface area contributed by atoms with Crippen molar-refractivity contribution in [1.29, 1.82) is 0 Å². The van der Waals surface area contributed by atoms with Crippen LogP contribution >= 0.6 is 0 Å². The number of rotatable bonds is 5. The molecule has 2 aromatic heterocycles. The fraction of sp³-hybridized carbons (Fsp3) is 0.278. The fourth-order valence-electron chi connectivity index (χ4n) is 2.88. The molecule has 1 aliphatic rings. The van der Waals surface area contributed by atoms with Gasteiger partial charge in [-0.05, 0) is 36.2 Å². The second kappa shape index (κ2) is 6.91. The molecule has 1 atom stereocenters. The third-order valence-electron chi connectivity index (χ3n) is 4.10. The Hall–Kier alpha value is -3.29. The van der Waals surface area contributed by atoms with Gasteiger partial charge < -0.3 is 19.8 Å². The number of nitrogens with one attached hydrogen (secondary N) is 3. The number of aromatic amines is 1. The quantitative estimate of drug-likeness (QED) is 0.653. The zero-order chi connectivity index (χ0) is 17.9. The summed E-state index contributed by atoms with van der Waals surface area (Å²) < 4.78 is 10.9. The van der Waals surface area contributed by atoms with Crippen LogP contribution in [-0.4, -0.2) is 27.3 Å². The van der Waals surface area contributed by atoms with Crippen LogP contribution in [0.5, 0.6) is 5.75 Å². The summed E-state index contributed by atoms with van der Waals surface area (Å²) in [6.07, 6.45) is 2.67. The van der Waals surface area contributed by atoms with Crippen LogP contribution in [0.2, 0.25) is 0 Å². The van der Waals surface area contributed by atoms with Gasteiger partial charge in [0.1, 0.15) is 17.7 Å². The molecule has 0 radical (unpaired) electrons. The van der Waals surface area contributed by atoms with Gasteiger partial charge in [0, 0.05) is 13.0 Å². The summed E-state index contributed by atoms with van der Waals surface area (Å²) in [5, 5.41) is 12.4. The SMILES string of the molecule is CC1Cc2cc(CNC(=O)NCc3nc(-c4ccco4)n[nH]3)ccc2O1. The Morgan fingerprint density at radius 2 is 2.19 bits per heavy atom. The lowest BCUT2D eigenvalue weighted by Crippen LogP contribution is -2.34.